The SMILES string of the molecule is COc1ccc(C2/C(=C(\O)c3ccccc3)C(=O)C(=O)N2CCCNCCO)cc1. The van der Waals surface area contributed by atoms with Gasteiger partial charge < -0.3 is 25.2 Å². The topological polar surface area (TPSA) is 99.1 Å². The van der Waals surface area contributed by atoms with Crippen molar-refractivity contribution >= 4 is 17.4 Å². The maximum atomic E-state index is 12.9. The van der Waals surface area contributed by atoms with E-state index in [0.717, 1.165) is 5.56 Å². The molecule has 1 aliphatic heterocycles. The molecule has 0 aromatic heterocycles. The van der Waals surface area contributed by atoms with E-state index in [0.29, 0.717) is 37.4 Å². The van der Waals surface area contributed by atoms with Gasteiger partial charge in [0.25, 0.3) is 11.7 Å². The van der Waals surface area contributed by atoms with E-state index in [2.05, 4.69) is 5.32 Å². The number of nitrogens with one attached hydrogen (secondary N) is 1. The van der Waals surface area contributed by atoms with Gasteiger partial charge in [0, 0.05) is 18.7 Å². The standard InChI is InChI=1S/C23H26N2O5/c1-30-18-10-8-16(9-11-18)20-19(21(27)17-6-3-2-4-7-17)22(28)23(29)25(20)14-5-12-24-13-15-26/h2-4,6-11,20,24,26-27H,5,12-15H2,1H3/b21-19+. The third kappa shape index (κ3) is 4.53. The molecule has 0 spiro atoms. The Bertz CT molecular complexity index is 909. The van der Waals surface area contributed by atoms with Crippen LogP contribution in [0.5, 0.6) is 5.75 Å². The van der Waals surface area contributed by atoms with E-state index in [-0.39, 0.29) is 17.9 Å². The first kappa shape index (κ1) is 21.5. The summed E-state index contributed by atoms with van der Waals surface area (Å²) in [5.74, 6) is -0.849. The lowest BCUT2D eigenvalue weighted by Crippen LogP contribution is -2.32. The van der Waals surface area contributed by atoms with Crippen molar-refractivity contribution in [3.8, 4) is 5.75 Å². The fourth-order valence-corrected chi connectivity index (χ4v) is 3.57. The number of ether oxygens (including phenoxy) is 1. The second-order valence-electron chi connectivity index (χ2n) is 6.96. The van der Waals surface area contributed by atoms with E-state index >= 15 is 0 Å². The zero-order chi connectivity index (χ0) is 21.5. The Morgan fingerprint density at radius 3 is 2.40 bits per heavy atom. The Morgan fingerprint density at radius 1 is 1.07 bits per heavy atom. The third-order valence-electron chi connectivity index (χ3n) is 5.06. The van der Waals surface area contributed by atoms with Gasteiger partial charge in [0.2, 0.25) is 0 Å². The second kappa shape index (κ2) is 10.0. The Balaban J connectivity index is 1.99. The highest BCUT2D eigenvalue weighted by Crippen LogP contribution is 2.39. The van der Waals surface area contributed by atoms with E-state index in [9.17, 15) is 14.7 Å². The van der Waals surface area contributed by atoms with E-state index in [4.69, 9.17) is 9.84 Å². The van der Waals surface area contributed by atoms with Crippen LogP contribution in [-0.4, -0.2) is 60.2 Å². The zero-order valence-electron chi connectivity index (χ0n) is 16.9. The van der Waals surface area contributed by atoms with Gasteiger partial charge in [-0.3, -0.25) is 9.59 Å². The third-order valence-corrected chi connectivity index (χ3v) is 5.06. The van der Waals surface area contributed by atoms with Crippen LogP contribution < -0.4 is 10.1 Å². The zero-order valence-corrected chi connectivity index (χ0v) is 16.9. The number of rotatable bonds is 9. The highest BCUT2D eigenvalue weighted by molar-refractivity contribution is 6.46. The molecule has 1 amide bonds. The Morgan fingerprint density at radius 2 is 1.77 bits per heavy atom. The van der Waals surface area contributed by atoms with Crippen molar-refractivity contribution in [1.82, 2.24) is 10.2 Å². The fourth-order valence-electron chi connectivity index (χ4n) is 3.57. The quantitative estimate of drug-likeness (QED) is 0.253. The summed E-state index contributed by atoms with van der Waals surface area (Å²) in [5.41, 5.74) is 1.29. The average molecular weight is 410 g/mol. The molecular formula is C23H26N2O5. The number of carbonyl (C=O) groups is 2. The van der Waals surface area contributed by atoms with E-state index in [1.165, 1.54) is 4.90 Å². The van der Waals surface area contributed by atoms with Crippen LogP contribution in [0, 0.1) is 0 Å². The highest BCUT2D eigenvalue weighted by atomic mass is 16.5. The van der Waals surface area contributed by atoms with E-state index in [1.807, 2.05) is 6.07 Å². The predicted octanol–water partition coefficient (Wildman–Crippen LogP) is 2.09. The molecule has 2 aromatic rings. The van der Waals surface area contributed by atoms with Crippen molar-refractivity contribution in [3.63, 3.8) is 0 Å². The normalized spacial score (nSPS) is 18.1. The predicted molar refractivity (Wildman–Crippen MR) is 113 cm³/mol. The number of aliphatic hydroxyl groups excluding tert-OH is 2. The molecule has 158 valence electrons. The fraction of sp³-hybridized carbons (Fsp3) is 0.304. The summed E-state index contributed by atoms with van der Waals surface area (Å²) in [5, 5.41) is 22.9. The van der Waals surface area contributed by atoms with Gasteiger partial charge in [-0.25, -0.2) is 0 Å². The minimum atomic E-state index is -0.694. The molecular weight excluding hydrogens is 384 g/mol. The number of likely N-dealkylation sites (tertiary alicyclic amines) is 1. The Kier molecular flexibility index (Phi) is 7.21. The van der Waals surface area contributed by atoms with Crippen LogP contribution in [0.15, 0.2) is 60.2 Å². The molecule has 1 unspecified atom stereocenters. The first-order chi connectivity index (χ1) is 14.6. The van der Waals surface area contributed by atoms with E-state index in [1.54, 1.807) is 55.6 Å². The molecule has 3 rings (SSSR count). The van der Waals surface area contributed by atoms with Crippen molar-refractivity contribution in [2.75, 3.05) is 33.4 Å². The summed E-state index contributed by atoms with van der Waals surface area (Å²) in [6.07, 6.45) is 0.602. The van der Waals surface area contributed by atoms with E-state index < -0.39 is 17.7 Å². The molecule has 2 aromatic carbocycles. The summed E-state index contributed by atoms with van der Waals surface area (Å²) in [6, 6.07) is 15.2. The van der Waals surface area contributed by atoms with Crippen LogP contribution in [0.4, 0.5) is 0 Å². The van der Waals surface area contributed by atoms with Crippen LogP contribution in [0.3, 0.4) is 0 Å². The lowest BCUT2D eigenvalue weighted by Gasteiger charge is -2.25. The molecule has 0 saturated carbocycles. The molecule has 7 heteroatoms. The average Bonchev–Trinajstić information content (AvgIpc) is 3.04. The number of nitrogens with zero attached hydrogens (tertiary/aromatic N) is 1. The lowest BCUT2D eigenvalue weighted by molar-refractivity contribution is -0.139. The highest BCUT2D eigenvalue weighted by Gasteiger charge is 2.45. The minimum absolute atomic E-state index is 0.0352. The molecule has 0 aliphatic carbocycles. The van der Waals surface area contributed by atoms with Crippen LogP contribution in [0.1, 0.15) is 23.6 Å². The van der Waals surface area contributed by atoms with Gasteiger partial charge in [-0.1, -0.05) is 42.5 Å². The van der Waals surface area contributed by atoms with Crippen LogP contribution in [-0.2, 0) is 9.59 Å². The van der Waals surface area contributed by atoms with Crippen LogP contribution in [0.2, 0.25) is 0 Å². The monoisotopic (exact) mass is 410 g/mol. The summed E-state index contributed by atoms with van der Waals surface area (Å²) in [4.78, 5) is 27.2. The van der Waals surface area contributed by atoms with Crippen LogP contribution in [0.25, 0.3) is 5.76 Å². The van der Waals surface area contributed by atoms with Crippen LogP contribution >= 0.6 is 0 Å². The van der Waals surface area contributed by atoms with Gasteiger partial charge in [-0.2, -0.15) is 0 Å². The second-order valence-corrected chi connectivity index (χ2v) is 6.96. The maximum absolute atomic E-state index is 12.9. The molecule has 0 bridgehead atoms. The van der Waals surface area contributed by atoms with Gasteiger partial charge in [0.15, 0.2) is 0 Å². The molecule has 1 atom stereocenters. The van der Waals surface area contributed by atoms with Crippen molar-refractivity contribution in [2.24, 2.45) is 0 Å². The summed E-state index contributed by atoms with van der Waals surface area (Å²) in [6.45, 7) is 1.44. The van der Waals surface area contributed by atoms with Gasteiger partial charge >= 0.3 is 0 Å². The number of aliphatic hydroxyl groups is 2. The van der Waals surface area contributed by atoms with Crippen molar-refractivity contribution in [1.29, 1.82) is 0 Å². The van der Waals surface area contributed by atoms with Gasteiger partial charge in [-0.15, -0.1) is 0 Å². The number of hydrogen-bond donors (Lipinski definition) is 3. The first-order valence-electron chi connectivity index (χ1n) is 9.87. The summed E-state index contributed by atoms with van der Waals surface area (Å²) < 4.78 is 5.21. The number of carbonyl (C=O) groups excluding carboxylic acids is 2. The lowest BCUT2D eigenvalue weighted by atomic mass is 9.95. The van der Waals surface area contributed by atoms with Gasteiger partial charge in [0.1, 0.15) is 11.5 Å². The molecule has 1 aliphatic rings. The maximum Gasteiger partial charge on any atom is 0.295 e. The summed E-state index contributed by atoms with van der Waals surface area (Å²) >= 11 is 0. The molecule has 0 radical (unpaired) electrons. The molecule has 1 saturated heterocycles. The molecule has 1 heterocycles. The van der Waals surface area contributed by atoms with Crippen molar-refractivity contribution in [2.45, 2.75) is 12.5 Å². The molecule has 3 N–H and O–H groups in total. The largest absolute Gasteiger partial charge is 0.507 e. The number of methoxy groups -OCH3 is 1. The molecule has 1 fully saturated rings. The smallest absolute Gasteiger partial charge is 0.295 e. The Hall–Kier alpha value is -3.16. The number of amides is 1. The molecule has 7 nitrogen and oxygen atoms in total. The van der Waals surface area contributed by atoms with Crippen molar-refractivity contribution < 1.29 is 24.5 Å². The molecule has 30 heavy (non-hydrogen) atoms. The van der Waals surface area contributed by atoms with Gasteiger partial charge in [-0.05, 0) is 30.7 Å². The van der Waals surface area contributed by atoms with Gasteiger partial charge in [0.05, 0.1) is 25.3 Å². The Labute approximate surface area is 175 Å². The first-order valence-corrected chi connectivity index (χ1v) is 9.87. The van der Waals surface area contributed by atoms with Crippen molar-refractivity contribution in [3.05, 3.63) is 71.3 Å². The number of Topliss-reactive ketones (excluding diaryl/α,β-unsaturated/α-hetero) is 1. The summed E-state index contributed by atoms with van der Waals surface area (Å²) in [7, 11) is 1.57. The number of ketones is 1. The number of benzene rings is 2. The minimum Gasteiger partial charge on any atom is -0.507 e. The number of hydrogen-bond acceptors (Lipinski definition) is 6.